The first-order chi connectivity index (χ1) is 11.7. The van der Waals surface area contributed by atoms with Gasteiger partial charge in [-0.3, -0.25) is 14.9 Å². The number of hydrogen-bond donors (Lipinski definition) is 4. The number of aliphatic carboxylic acids is 1. The first-order valence-electron chi connectivity index (χ1n) is 7.21. The Labute approximate surface area is 146 Å². The Kier molecular flexibility index (Phi) is 5.55. The number of rotatable bonds is 7. The van der Waals surface area contributed by atoms with E-state index in [4.69, 9.17) is 9.52 Å². The molecule has 2 amide bonds. The van der Waals surface area contributed by atoms with E-state index in [0.29, 0.717) is 22.1 Å². The fourth-order valence-corrected chi connectivity index (χ4v) is 2.51. The highest BCUT2D eigenvalue weighted by Gasteiger charge is 2.30. The van der Waals surface area contributed by atoms with Gasteiger partial charge < -0.3 is 19.9 Å². The quantitative estimate of drug-likeness (QED) is 0.567. The number of aromatic nitrogens is 1. The number of aliphatic hydroxyl groups is 1. The Morgan fingerprint density at radius 2 is 2.12 bits per heavy atom. The minimum atomic E-state index is -2.04. The maximum Gasteiger partial charge on any atom is 0.337 e. The zero-order valence-corrected chi connectivity index (χ0v) is 14.3. The van der Waals surface area contributed by atoms with Crippen molar-refractivity contribution in [2.45, 2.75) is 25.9 Å². The molecular weight excluding hydrogens is 350 g/mol. The SMILES string of the molecule is Cc1occc1C(=O)Nc1nc(CC(=O)NCC(C)(O)C(=O)O)cs1. The number of carboxylic acids is 1. The number of thiazole rings is 1. The van der Waals surface area contributed by atoms with Gasteiger partial charge in [-0.2, -0.15) is 0 Å². The average Bonchev–Trinajstić information content (AvgIpc) is 3.14. The molecule has 25 heavy (non-hydrogen) atoms. The summed E-state index contributed by atoms with van der Waals surface area (Å²) in [5.41, 5.74) is -1.23. The average molecular weight is 367 g/mol. The van der Waals surface area contributed by atoms with Crippen molar-refractivity contribution in [1.82, 2.24) is 10.3 Å². The molecule has 0 saturated heterocycles. The Balaban J connectivity index is 1.89. The van der Waals surface area contributed by atoms with Gasteiger partial charge >= 0.3 is 5.97 Å². The molecule has 134 valence electrons. The molecule has 10 heteroatoms. The molecular formula is C15H17N3O6S. The predicted molar refractivity (Wildman–Crippen MR) is 88.5 cm³/mol. The van der Waals surface area contributed by atoms with Crippen molar-refractivity contribution in [3.63, 3.8) is 0 Å². The number of nitrogens with one attached hydrogen (secondary N) is 2. The largest absolute Gasteiger partial charge is 0.479 e. The number of carbonyl (C=O) groups excluding carboxylic acids is 2. The third-order valence-corrected chi connectivity index (χ3v) is 4.11. The molecule has 0 spiro atoms. The molecule has 0 bridgehead atoms. The second kappa shape index (κ2) is 7.45. The van der Waals surface area contributed by atoms with Crippen molar-refractivity contribution >= 4 is 34.3 Å². The smallest absolute Gasteiger partial charge is 0.337 e. The molecule has 0 aromatic carbocycles. The number of nitrogens with zero attached hydrogens (tertiary/aromatic N) is 1. The number of carbonyl (C=O) groups is 3. The lowest BCUT2D eigenvalue weighted by Gasteiger charge is -2.17. The topological polar surface area (TPSA) is 142 Å². The second-order valence-corrected chi connectivity index (χ2v) is 6.38. The standard InChI is InChI=1S/C15H17N3O6S/c1-8-10(3-4-24-8)12(20)18-14-17-9(6-25-14)5-11(19)16-7-15(2,23)13(21)22/h3-4,6,23H,5,7H2,1-2H3,(H,16,19)(H,21,22)(H,17,18,20). The normalized spacial score (nSPS) is 13.1. The fraction of sp³-hybridized carbons (Fsp3) is 0.333. The monoisotopic (exact) mass is 367 g/mol. The molecule has 2 heterocycles. The summed E-state index contributed by atoms with van der Waals surface area (Å²) in [4.78, 5) is 38.7. The first kappa shape index (κ1) is 18.6. The van der Waals surface area contributed by atoms with Crippen LogP contribution in [0.1, 0.15) is 28.7 Å². The molecule has 2 aromatic heterocycles. The van der Waals surface area contributed by atoms with E-state index in [9.17, 15) is 19.5 Å². The zero-order chi connectivity index (χ0) is 18.6. The Morgan fingerprint density at radius 1 is 1.40 bits per heavy atom. The molecule has 1 atom stereocenters. The third kappa shape index (κ3) is 4.88. The number of carboxylic acid groups (broad SMARTS) is 1. The molecule has 9 nitrogen and oxygen atoms in total. The van der Waals surface area contributed by atoms with Gasteiger partial charge in [-0.25, -0.2) is 9.78 Å². The molecule has 2 rings (SSSR count). The lowest BCUT2D eigenvalue weighted by Crippen LogP contribution is -2.46. The first-order valence-corrected chi connectivity index (χ1v) is 8.09. The van der Waals surface area contributed by atoms with Gasteiger partial charge in [0.2, 0.25) is 5.91 Å². The van der Waals surface area contributed by atoms with Gasteiger partial charge in [0.15, 0.2) is 10.7 Å². The van der Waals surface area contributed by atoms with E-state index in [2.05, 4.69) is 15.6 Å². The summed E-state index contributed by atoms with van der Waals surface area (Å²) in [5.74, 6) is -1.80. The van der Waals surface area contributed by atoms with Crippen LogP contribution in [0.4, 0.5) is 5.13 Å². The summed E-state index contributed by atoms with van der Waals surface area (Å²) in [6, 6.07) is 1.54. The molecule has 0 saturated carbocycles. The van der Waals surface area contributed by atoms with E-state index in [-0.39, 0.29) is 12.3 Å². The number of amides is 2. The van der Waals surface area contributed by atoms with Crippen LogP contribution in [0.5, 0.6) is 0 Å². The van der Waals surface area contributed by atoms with Crippen LogP contribution >= 0.6 is 11.3 Å². The van der Waals surface area contributed by atoms with Crippen LogP contribution in [0.15, 0.2) is 22.1 Å². The zero-order valence-electron chi connectivity index (χ0n) is 13.5. The van der Waals surface area contributed by atoms with Gasteiger partial charge in [0.25, 0.3) is 5.91 Å². The van der Waals surface area contributed by atoms with E-state index in [0.717, 1.165) is 18.3 Å². The summed E-state index contributed by atoms with van der Waals surface area (Å²) >= 11 is 1.15. The van der Waals surface area contributed by atoms with Crippen LogP contribution in [-0.4, -0.2) is 45.1 Å². The lowest BCUT2D eigenvalue weighted by molar-refractivity contribution is -0.156. The summed E-state index contributed by atoms with van der Waals surface area (Å²) in [7, 11) is 0. The summed E-state index contributed by atoms with van der Waals surface area (Å²) in [6.45, 7) is 2.33. The maximum absolute atomic E-state index is 12.0. The Morgan fingerprint density at radius 3 is 2.72 bits per heavy atom. The Bertz CT molecular complexity index is 795. The maximum atomic E-state index is 12.0. The molecule has 0 aliphatic heterocycles. The molecule has 0 aliphatic carbocycles. The van der Waals surface area contributed by atoms with Gasteiger partial charge in [-0.15, -0.1) is 11.3 Å². The molecule has 0 aliphatic rings. The van der Waals surface area contributed by atoms with Crippen molar-refractivity contribution in [3.05, 3.63) is 34.7 Å². The van der Waals surface area contributed by atoms with Gasteiger partial charge in [0, 0.05) is 5.38 Å². The van der Waals surface area contributed by atoms with Crippen LogP contribution in [0.3, 0.4) is 0 Å². The molecule has 2 aromatic rings. The van der Waals surface area contributed by atoms with Gasteiger partial charge in [-0.1, -0.05) is 0 Å². The van der Waals surface area contributed by atoms with Crippen LogP contribution in [0.25, 0.3) is 0 Å². The highest BCUT2D eigenvalue weighted by molar-refractivity contribution is 7.14. The van der Waals surface area contributed by atoms with Crippen molar-refractivity contribution < 1.29 is 29.0 Å². The van der Waals surface area contributed by atoms with Crippen molar-refractivity contribution in [1.29, 1.82) is 0 Å². The molecule has 0 fully saturated rings. The molecule has 4 N–H and O–H groups in total. The van der Waals surface area contributed by atoms with E-state index in [1.165, 1.54) is 6.26 Å². The van der Waals surface area contributed by atoms with Crippen LogP contribution < -0.4 is 10.6 Å². The van der Waals surface area contributed by atoms with Crippen LogP contribution in [0.2, 0.25) is 0 Å². The number of hydrogen-bond acceptors (Lipinski definition) is 7. The molecule has 0 radical (unpaired) electrons. The van der Waals surface area contributed by atoms with E-state index < -0.39 is 24.0 Å². The second-order valence-electron chi connectivity index (χ2n) is 5.52. The van der Waals surface area contributed by atoms with Crippen molar-refractivity contribution in [2.24, 2.45) is 0 Å². The number of aryl methyl sites for hydroxylation is 1. The lowest BCUT2D eigenvalue weighted by atomic mass is 10.1. The summed E-state index contributed by atoms with van der Waals surface area (Å²) in [5, 5.41) is 25.2. The summed E-state index contributed by atoms with van der Waals surface area (Å²) in [6.07, 6.45) is 1.31. The van der Waals surface area contributed by atoms with Gasteiger partial charge in [0.05, 0.1) is 30.5 Å². The van der Waals surface area contributed by atoms with Crippen LogP contribution in [0, 0.1) is 6.92 Å². The minimum Gasteiger partial charge on any atom is -0.479 e. The molecule has 1 unspecified atom stereocenters. The third-order valence-electron chi connectivity index (χ3n) is 3.31. The predicted octanol–water partition coefficient (Wildman–Crippen LogP) is 0.791. The van der Waals surface area contributed by atoms with Crippen molar-refractivity contribution in [3.8, 4) is 0 Å². The van der Waals surface area contributed by atoms with Crippen molar-refractivity contribution in [2.75, 3.05) is 11.9 Å². The highest BCUT2D eigenvalue weighted by atomic mass is 32.1. The minimum absolute atomic E-state index is 0.104. The number of furan rings is 1. The number of anilines is 1. The van der Waals surface area contributed by atoms with Gasteiger partial charge in [-0.05, 0) is 19.9 Å². The fourth-order valence-electron chi connectivity index (χ4n) is 1.80. The van der Waals surface area contributed by atoms with Gasteiger partial charge in [0.1, 0.15) is 5.76 Å². The summed E-state index contributed by atoms with van der Waals surface area (Å²) < 4.78 is 5.06. The van der Waals surface area contributed by atoms with E-state index in [1.807, 2.05) is 0 Å². The van der Waals surface area contributed by atoms with Crippen LogP contribution in [-0.2, 0) is 16.0 Å². The highest BCUT2D eigenvalue weighted by Crippen LogP contribution is 2.18. The van der Waals surface area contributed by atoms with E-state index in [1.54, 1.807) is 18.4 Å². The van der Waals surface area contributed by atoms with E-state index >= 15 is 0 Å². The Hall–Kier alpha value is -2.72.